The lowest BCUT2D eigenvalue weighted by molar-refractivity contribution is 0.567. The zero-order chi connectivity index (χ0) is 18.9. The summed E-state index contributed by atoms with van der Waals surface area (Å²) in [4.78, 5) is 1.75. The first-order valence-corrected chi connectivity index (χ1v) is 10.7. The van der Waals surface area contributed by atoms with Gasteiger partial charge in [0.25, 0.3) is 0 Å². The van der Waals surface area contributed by atoms with Crippen molar-refractivity contribution in [3.8, 4) is 0 Å². The molecule has 0 aliphatic carbocycles. The van der Waals surface area contributed by atoms with Crippen LogP contribution in [0.1, 0.15) is 0 Å². The molecule has 0 saturated carbocycles. The van der Waals surface area contributed by atoms with E-state index in [0.29, 0.717) is 11.8 Å². The second-order valence-corrected chi connectivity index (χ2v) is 9.23. The van der Waals surface area contributed by atoms with Crippen LogP contribution in [-0.2, 0) is 9.84 Å². The van der Waals surface area contributed by atoms with E-state index in [1.54, 1.807) is 19.2 Å². The lowest BCUT2D eigenvalue weighted by Gasteiger charge is -2.35. The monoisotopic (exact) mass is 493 g/mol. The maximum absolute atomic E-state index is 13.5. The molecule has 0 bridgehead atoms. The standard InChI is InChI=1S/C17H18F2IN3O2S/c1-21-15-9-13(23-5-4-22-10-17(23)20)2-3-16(15)26(24,25)14-7-11(18)6-12(19)8-14/h2-3,6-9,17,21-22H,4-5,10H2,1H3. The van der Waals surface area contributed by atoms with Crippen molar-refractivity contribution in [1.29, 1.82) is 0 Å². The van der Waals surface area contributed by atoms with Crippen molar-refractivity contribution in [2.75, 3.05) is 36.9 Å². The molecule has 1 aliphatic heterocycles. The molecular weight excluding hydrogens is 475 g/mol. The lowest BCUT2D eigenvalue weighted by Crippen LogP contribution is -2.48. The smallest absolute Gasteiger partial charge is 0.208 e. The Balaban J connectivity index is 2.04. The molecule has 0 spiro atoms. The molecule has 0 radical (unpaired) electrons. The van der Waals surface area contributed by atoms with Crippen molar-refractivity contribution in [2.24, 2.45) is 0 Å². The summed E-state index contributed by atoms with van der Waals surface area (Å²) in [6, 6.07) is 7.24. The van der Waals surface area contributed by atoms with E-state index in [1.807, 2.05) is 0 Å². The van der Waals surface area contributed by atoms with Gasteiger partial charge in [0.05, 0.1) is 19.5 Å². The summed E-state index contributed by atoms with van der Waals surface area (Å²) in [5.41, 5.74) is 1.27. The molecule has 0 amide bonds. The van der Waals surface area contributed by atoms with Crippen LogP contribution in [0.25, 0.3) is 0 Å². The highest BCUT2D eigenvalue weighted by Gasteiger charge is 2.25. The van der Waals surface area contributed by atoms with Crippen LogP contribution in [-0.4, -0.2) is 39.1 Å². The number of hydrogen-bond donors (Lipinski definition) is 2. The number of rotatable bonds is 4. The van der Waals surface area contributed by atoms with Crippen LogP contribution in [0.15, 0.2) is 46.2 Å². The minimum absolute atomic E-state index is 0.0195. The van der Waals surface area contributed by atoms with Gasteiger partial charge in [0, 0.05) is 38.4 Å². The number of halogens is 3. The van der Waals surface area contributed by atoms with E-state index in [4.69, 9.17) is 0 Å². The summed E-state index contributed by atoms with van der Waals surface area (Å²) < 4.78 is 52.9. The van der Waals surface area contributed by atoms with Crippen LogP contribution < -0.4 is 15.5 Å². The van der Waals surface area contributed by atoms with Crippen LogP contribution in [0, 0.1) is 11.6 Å². The molecule has 26 heavy (non-hydrogen) atoms. The van der Waals surface area contributed by atoms with E-state index in [1.165, 1.54) is 6.07 Å². The number of hydrogen-bond acceptors (Lipinski definition) is 5. The summed E-state index contributed by atoms with van der Waals surface area (Å²) in [5, 5.41) is 6.18. The topological polar surface area (TPSA) is 61.4 Å². The SMILES string of the molecule is CNc1cc(N2CCNCC2I)ccc1S(=O)(=O)c1cc(F)cc(F)c1. The molecule has 3 rings (SSSR count). The zero-order valence-electron chi connectivity index (χ0n) is 14.0. The van der Waals surface area contributed by atoms with Crippen LogP contribution in [0.5, 0.6) is 0 Å². The first kappa shape index (κ1) is 19.3. The third kappa shape index (κ3) is 3.79. The highest BCUT2D eigenvalue weighted by atomic mass is 127. The second kappa shape index (κ2) is 7.65. The van der Waals surface area contributed by atoms with Gasteiger partial charge in [-0.05, 0) is 30.3 Å². The third-order valence-corrected chi connectivity index (χ3v) is 7.08. The van der Waals surface area contributed by atoms with Gasteiger partial charge < -0.3 is 15.5 Å². The third-order valence-electron chi connectivity index (χ3n) is 4.18. The zero-order valence-corrected chi connectivity index (χ0v) is 16.9. The van der Waals surface area contributed by atoms with E-state index in [2.05, 4.69) is 38.1 Å². The molecule has 1 aliphatic rings. The molecule has 9 heteroatoms. The number of sulfone groups is 1. The normalized spacial score (nSPS) is 18.0. The fourth-order valence-electron chi connectivity index (χ4n) is 2.90. The van der Waals surface area contributed by atoms with Crippen molar-refractivity contribution in [1.82, 2.24) is 5.32 Å². The van der Waals surface area contributed by atoms with E-state index in [-0.39, 0.29) is 8.94 Å². The first-order valence-electron chi connectivity index (χ1n) is 7.97. The Labute approximate surface area is 164 Å². The molecule has 2 aromatic carbocycles. The predicted molar refractivity (Wildman–Crippen MR) is 106 cm³/mol. The Morgan fingerprint density at radius 3 is 2.50 bits per heavy atom. The average Bonchev–Trinajstić information content (AvgIpc) is 2.60. The fourth-order valence-corrected chi connectivity index (χ4v) is 5.30. The molecule has 1 atom stereocenters. The number of piperazine rings is 1. The second-order valence-electron chi connectivity index (χ2n) is 5.87. The molecule has 2 aromatic rings. The minimum Gasteiger partial charge on any atom is -0.387 e. The lowest BCUT2D eigenvalue weighted by atomic mass is 10.2. The van der Waals surface area contributed by atoms with Gasteiger partial charge in [-0.3, -0.25) is 0 Å². The summed E-state index contributed by atoms with van der Waals surface area (Å²) >= 11 is 2.33. The maximum atomic E-state index is 13.5. The number of anilines is 2. The Bertz CT molecular complexity index is 904. The number of benzene rings is 2. The van der Waals surface area contributed by atoms with Gasteiger partial charge in [-0.1, -0.05) is 22.6 Å². The molecule has 2 N–H and O–H groups in total. The van der Waals surface area contributed by atoms with Crippen molar-refractivity contribution in [3.63, 3.8) is 0 Å². The predicted octanol–water partition coefficient (Wildman–Crippen LogP) is 3.01. The molecule has 1 fully saturated rings. The minimum atomic E-state index is -4.06. The van der Waals surface area contributed by atoms with Gasteiger partial charge in [-0.2, -0.15) is 0 Å². The highest BCUT2D eigenvalue weighted by Crippen LogP contribution is 2.33. The number of nitrogens with zero attached hydrogens (tertiary/aromatic N) is 1. The largest absolute Gasteiger partial charge is 0.387 e. The van der Waals surface area contributed by atoms with Crippen LogP contribution in [0.3, 0.4) is 0 Å². The van der Waals surface area contributed by atoms with E-state index in [9.17, 15) is 17.2 Å². The highest BCUT2D eigenvalue weighted by molar-refractivity contribution is 14.1. The van der Waals surface area contributed by atoms with E-state index >= 15 is 0 Å². The molecule has 0 aromatic heterocycles. The van der Waals surface area contributed by atoms with Crippen LogP contribution in [0.2, 0.25) is 0 Å². The summed E-state index contributed by atoms with van der Waals surface area (Å²) in [6.07, 6.45) is 0. The Kier molecular flexibility index (Phi) is 5.68. The Morgan fingerprint density at radius 2 is 1.88 bits per heavy atom. The average molecular weight is 493 g/mol. The fraction of sp³-hybridized carbons (Fsp3) is 0.294. The molecule has 5 nitrogen and oxygen atoms in total. The summed E-state index contributed by atoms with van der Waals surface area (Å²) in [7, 11) is -2.45. The summed E-state index contributed by atoms with van der Waals surface area (Å²) in [6.45, 7) is 2.48. The van der Waals surface area contributed by atoms with Gasteiger partial charge in [0.1, 0.15) is 11.6 Å². The van der Waals surface area contributed by atoms with Gasteiger partial charge >= 0.3 is 0 Å². The molecule has 140 valence electrons. The van der Waals surface area contributed by atoms with Crippen LogP contribution >= 0.6 is 22.6 Å². The van der Waals surface area contributed by atoms with Crippen molar-refractivity contribution in [3.05, 3.63) is 48.0 Å². The first-order chi connectivity index (χ1) is 12.3. The molecule has 1 unspecified atom stereocenters. The molecule has 1 saturated heterocycles. The molecular formula is C17H18F2IN3O2S. The van der Waals surface area contributed by atoms with Crippen LogP contribution in [0.4, 0.5) is 20.2 Å². The Morgan fingerprint density at radius 1 is 1.19 bits per heavy atom. The van der Waals surface area contributed by atoms with Gasteiger partial charge in [0.15, 0.2) is 0 Å². The Hall–Kier alpha value is -1.46. The van der Waals surface area contributed by atoms with Gasteiger partial charge in [0.2, 0.25) is 9.84 Å². The van der Waals surface area contributed by atoms with E-state index in [0.717, 1.165) is 37.5 Å². The molecule has 1 heterocycles. The maximum Gasteiger partial charge on any atom is 0.208 e. The van der Waals surface area contributed by atoms with Crippen molar-refractivity contribution in [2.45, 2.75) is 13.8 Å². The van der Waals surface area contributed by atoms with Gasteiger partial charge in [-0.15, -0.1) is 0 Å². The van der Waals surface area contributed by atoms with Crippen molar-refractivity contribution < 1.29 is 17.2 Å². The van der Waals surface area contributed by atoms with Crippen molar-refractivity contribution >= 4 is 43.8 Å². The quantitative estimate of drug-likeness (QED) is 0.390. The van der Waals surface area contributed by atoms with Gasteiger partial charge in [-0.25, -0.2) is 17.2 Å². The van der Waals surface area contributed by atoms with E-state index < -0.39 is 26.4 Å². The summed E-state index contributed by atoms with van der Waals surface area (Å²) in [5.74, 6) is -1.86. The number of alkyl halides is 1. The number of nitrogens with one attached hydrogen (secondary N) is 2.